The van der Waals surface area contributed by atoms with Crippen LogP contribution in [0.3, 0.4) is 0 Å². The second-order valence-corrected chi connectivity index (χ2v) is 8.85. The van der Waals surface area contributed by atoms with Crippen molar-refractivity contribution in [2.24, 2.45) is 0 Å². The number of ether oxygens (including phenoxy) is 1. The molecule has 4 aromatic rings. The van der Waals surface area contributed by atoms with Gasteiger partial charge in [0.05, 0.1) is 22.2 Å². The van der Waals surface area contributed by atoms with Gasteiger partial charge in [0.1, 0.15) is 11.5 Å². The van der Waals surface area contributed by atoms with Gasteiger partial charge in [-0.25, -0.2) is 17.4 Å². The molecule has 0 aliphatic heterocycles. The fraction of sp³-hybridized carbons (Fsp3) is 0.136. The minimum absolute atomic E-state index is 0.0934. The van der Waals surface area contributed by atoms with Crippen molar-refractivity contribution < 1.29 is 17.6 Å². The van der Waals surface area contributed by atoms with Crippen LogP contribution in [0.4, 0.5) is 0 Å². The molecule has 0 bridgehead atoms. The van der Waals surface area contributed by atoms with Crippen molar-refractivity contribution in [2.75, 3.05) is 6.61 Å². The number of halogens is 1. The van der Waals surface area contributed by atoms with Crippen molar-refractivity contribution in [1.82, 2.24) is 8.96 Å². The number of hydrogen-bond acceptors (Lipinski definition) is 5. The van der Waals surface area contributed by atoms with Gasteiger partial charge in [0.2, 0.25) is 5.89 Å². The van der Waals surface area contributed by atoms with E-state index < -0.39 is 10.0 Å². The lowest BCUT2D eigenvalue weighted by atomic mass is 10.2. The van der Waals surface area contributed by atoms with E-state index in [0.29, 0.717) is 24.7 Å². The standard InChI is InChI=1S/C22H19ClN2O4S/c1-16-20(24-22(29-16)17-7-3-2-4-8-17)11-14-28-21-10-9-18(15-19(21)23)30(26,27)25-12-5-6-13-25/h2-10,12-13,15H,11,14H2,1H3. The normalized spacial score (nSPS) is 11.5. The number of hydrogen-bond donors (Lipinski definition) is 0. The summed E-state index contributed by atoms with van der Waals surface area (Å²) in [5.74, 6) is 1.71. The molecule has 2 aromatic heterocycles. The summed E-state index contributed by atoms with van der Waals surface area (Å²) in [6.45, 7) is 2.19. The van der Waals surface area contributed by atoms with Crippen LogP contribution in [-0.2, 0) is 16.4 Å². The van der Waals surface area contributed by atoms with Crippen LogP contribution in [0.5, 0.6) is 5.75 Å². The van der Waals surface area contributed by atoms with Crippen molar-refractivity contribution in [1.29, 1.82) is 0 Å². The third kappa shape index (κ3) is 4.13. The second kappa shape index (κ2) is 8.38. The zero-order chi connectivity index (χ0) is 21.1. The minimum Gasteiger partial charge on any atom is -0.492 e. The van der Waals surface area contributed by atoms with Gasteiger partial charge in [0.25, 0.3) is 10.0 Å². The highest BCUT2D eigenvalue weighted by Gasteiger charge is 2.18. The molecule has 0 saturated heterocycles. The van der Waals surface area contributed by atoms with Crippen LogP contribution in [-0.4, -0.2) is 24.0 Å². The molecule has 154 valence electrons. The van der Waals surface area contributed by atoms with Gasteiger partial charge in [0, 0.05) is 24.4 Å². The van der Waals surface area contributed by atoms with Crippen LogP contribution in [0.1, 0.15) is 11.5 Å². The highest BCUT2D eigenvalue weighted by atomic mass is 35.5. The summed E-state index contributed by atoms with van der Waals surface area (Å²) in [6, 6.07) is 17.4. The van der Waals surface area contributed by atoms with Crippen LogP contribution in [0.25, 0.3) is 11.5 Å². The summed E-state index contributed by atoms with van der Waals surface area (Å²) in [5, 5.41) is 0.227. The zero-order valence-corrected chi connectivity index (χ0v) is 17.7. The average molecular weight is 443 g/mol. The number of nitrogens with zero attached hydrogens (tertiary/aromatic N) is 2. The monoisotopic (exact) mass is 442 g/mol. The average Bonchev–Trinajstić information content (AvgIpc) is 3.41. The Kier molecular flexibility index (Phi) is 5.65. The van der Waals surface area contributed by atoms with Crippen molar-refractivity contribution in [2.45, 2.75) is 18.2 Å². The molecule has 30 heavy (non-hydrogen) atoms. The Bertz CT molecular complexity index is 1250. The molecule has 0 unspecified atom stereocenters. The molecule has 2 aromatic carbocycles. The van der Waals surface area contributed by atoms with Gasteiger partial charge in [-0.2, -0.15) is 0 Å². The number of oxazole rings is 1. The van der Waals surface area contributed by atoms with E-state index in [1.807, 2.05) is 37.3 Å². The van der Waals surface area contributed by atoms with E-state index in [2.05, 4.69) is 4.98 Å². The Hall–Kier alpha value is -3.03. The maximum absolute atomic E-state index is 12.6. The van der Waals surface area contributed by atoms with Crippen molar-refractivity contribution in [3.05, 3.63) is 89.5 Å². The quantitative estimate of drug-likeness (QED) is 0.404. The van der Waals surface area contributed by atoms with E-state index >= 15 is 0 Å². The third-order valence-electron chi connectivity index (χ3n) is 4.57. The fourth-order valence-electron chi connectivity index (χ4n) is 2.98. The Morgan fingerprint density at radius 2 is 1.80 bits per heavy atom. The highest BCUT2D eigenvalue weighted by Crippen LogP contribution is 2.29. The van der Waals surface area contributed by atoms with Crippen molar-refractivity contribution >= 4 is 21.6 Å². The number of aromatic nitrogens is 2. The number of rotatable bonds is 7. The fourth-order valence-corrected chi connectivity index (χ4v) is 4.49. The Morgan fingerprint density at radius 3 is 2.50 bits per heavy atom. The zero-order valence-electron chi connectivity index (χ0n) is 16.2. The first-order valence-electron chi connectivity index (χ1n) is 9.28. The van der Waals surface area contributed by atoms with Gasteiger partial charge in [-0.3, -0.25) is 0 Å². The summed E-state index contributed by atoms with van der Waals surface area (Å²) in [7, 11) is -3.67. The lowest BCUT2D eigenvalue weighted by Gasteiger charge is -2.10. The maximum atomic E-state index is 12.6. The summed E-state index contributed by atoms with van der Waals surface area (Å²) in [4.78, 5) is 4.64. The first-order chi connectivity index (χ1) is 14.4. The molecule has 0 radical (unpaired) electrons. The maximum Gasteiger partial charge on any atom is 0.267 e. The summed E-state index contributed by atoms with van der Waals surface area (Å²) < 4.78 is 37.8. The largest absolute Gasteiger partial charge is 0.492 e. The van der Waals surface area contributed by atoms with Crippen molar-refractivity contribution in [3.63, 3.8) is 0 Å². The SMILES string of the molecule is Cc1oc(-c2ccccc2)nc1CCOc1ccc(S(=O)(=O)n2cccc2)cc1Cl. The molecule has 0 aliphatic rings. The third-order valence-corrected chi connectivity index (χ3v) is 6.51. The van der Waals surface area contributed by atoms with E-state index in [-0.39, 0.29) is 9.92 Å². The molecule has 8 heteroatoms. The van der Waals surface area contributed by atoms with Gasteiger partial charge in [-0.1, -0.05) is 29.8 Å². The van der Waals surface area contributed by atoms with Crippen LogP contribution in [0.2, 0.25) is 5.02 Å². The topological polar surface area (TPSA) is 74.3 Å². The minimum atomic E-state index is -3.67. The molecule has 0 saturated carbocycles. The summed E-state index contributed by atoms with van der Waals surface area (Å²) in [5.41, 5.74) is 1.71. The van der Waals surface area contributed by atoms with Gasteiger partial charge >= 0.3 is 0 Å². The van der Waals surface area contributed by atoms with Gasteiger partial charge in [-0.15, -0.1) is 0 Å². The van der Waals surface area contributed by atoms with E-state index in [9.17, 15) is 8.42 Å². The molecule has 0 aliphatic carbocycles. The molecule has 0 fully saturated rings. The van der Waals surface area contributed by atoms with Crippen LogP contribution >= 0.6 is 11.6 Å². The lowest BCUT2D eigenvalue weighted by Crippen LogP contribution is -2.11. The molecule has 0 spiro atoms. The van der Waals surface area contributed by atoms with E-state index in [1.165, 1.54) is 24.5 Å². The highest BCUT2D eigenvalue weighted by molar-refractivity contribution is 7.90. The smallest absolute Gasteiger partial charge is 0.267 e. The van der Waals surface area contributed by atoms with Crippen LogP contribution in [0.15, 0.2) is 82.4 Å². The Labute approximate surface area is 179 Å². The first-order valence-corrected chi connectivity index (χ1v) is 11.1. The van der Waals surface area contributed by atoms with Gasteiger partial charge < -0.3 is 9.15 Å². The molecule has 4 rings (SSSR count). The predicted molar refractivity (Wildman–Crippen MR) is 114 cm³/mol. The van der Waals surface area contributed by atoms with Crippen LogP contribution in [0, 0.1) is 6.92 Å². The summed E-state index contributed by atoms with van der Waals surface area (Å²) >= 11 is 6.26. The van der Waals surface area contributed by atoms with Gasteiger partial charge in [-0.05, 0) is 49.4 Å². The van der Waals surface area contributed by atoms with E-state index in [4.69, 9.17) is 20.8 Å². The van der Waals surface area contributed by atoms with Gasteiger partial charge in [0.15, 0.2) is 0 Å². The molecule has 2 heterocycles. The van der Waals surface area contributed by atoms with Crippen LogP contribution < -0.4 is 4.74 Å². The molecule has 0 N–H and O–H groups in total. The first kappa shape index (κ1) is 20.3. The van der Waals surface area contributed by atoms with Crippen molar-refractivity contribution in [3.8, 4) is 17.2 Å². The predicted octanol–water partition coefficient (Wildman–Crippen LogP) is 4.96. The number of aryl methyl sites for hydroxylation is 1. The molecule has 6 nitrogen and oxygen atoms in total. The molecular weight excluding hydrogens is 424 g/mol. The molecule has 0 atom stereocenters. The second-order valence-electron chi connectivity index (χ2n) is 6.60. The lowest BCUT2D eigenvalue weighted by molar-refractivity contribution is 0.320. The van der Waals surface area contributed by atoms with E-state index in [1.54, 1.807) is 18.2 Å². The molecular formula is C22H19ClN2O4S. The summed E-state index contributed by atoms with van der Waals surface area (Å²) in [6.07, 6.45) is 3.47. The number of benzene rings is 2. The Balaban J connectivity index is 1.43. The molecule has 0 amide bonds. The van der Waals surface area contributed by atoms with E-state index in [0.717, 1.165) is 21.0 Å². The Morgan fingerprint density at radius 1 is 1.07 bits per heavy atom.